The van der Waals surface area contributed by atoms with E-state index < -0.39 is 23.1 Å². The van der Waals surface area contributed by atoms with E-state index in [1.165, 1.54) is 23.9 Å². The molecule has 1 N–H and O–H groups in total. The van der Waals surface area contributed by atoms with E-state index in [1.807, 2.05) is 0 Å². The molecule has 116 valence electrons. The first-order chi connectivity index (χ1) is 10.6. The third kappa shape index (κ3) is 4.27. The zero-order valence-electron chi connectivity index (χ0n) is 11.6. The summed E-state index contributed by atoms with van der Waals surface area (Å²) < 4.78 is 40.2. The average Bonchev–Trinajstić information content (AvgIpc) is 2.48. The van der Waals surface area contributed by atoms with Crippen LogP contribution in [0.1, 0.15) is 15.9 Å². The lowest BCUT2D eigenvalue weighted by molar-refractivity contribution is 0.0948. The topological polar surface area (TPSA) is 29.1 Å². The zero-order chi connectivity index (χ0) is 15.9. The number of carbonyl (C=O) groups excluding carboxylic acids is 1. The van der Waals surface area contributed by atoms with Crippen molar-refractivity contribution in [2.45, 2.75) is 5.75 Å². The van der Waals surface area contributed by atoms with Gasteiger partial charge in [-0.25, -0.2) is 13.2 Å². The molecule has 0 bridgehead atoms. The summed E-state index contributed by atoms with van der Waals surface area (Å²) in [5.41, 5.74) is 0.000536. The van der Waals surface area contributed by atoms with Crippen molar-refractivity contribution < 1.29 is 18.0 Å². The minimum Gasteiger partial charge on any atom is -0.351 e. The lowest BCUT2D eigenvalue weighted by Crippen LogP contribution is -2.27. The Morgan fingerprint density at radius 3 is 2.27 bits per heavy atom. The van der Waals surface area contributed by atoms with E-state index in [0.29, 0.717) is 17.1 Å². The Morgan fingerprint density at radius 2 is 1.59 bits per heavy atom. The van der Waals surface area contributed by atoms with Crippen LogP contribution in [0.2, 0.25) is 0 Å². The molecule has 0 aliphatic heterocycles. The van der Waals surface area contributed by atoms with Crippen LogP contribution >= 0.6 is 11.8 Å². The summed E-state index contributed by atoms with van der Waals surface area (Å²) >= 11 is 1.42. The Kier molecular flexibility index (Phi) is 5.89. The molecule has 2 aromatic carbocycles. The van der Waals surface area contributed by atoms with Crippen LogP contribution in [-0.4, -0.2) is 18.2 Å². The highest BCUT2D eigenvalue weighted by molar-refractivity contribution is 7.98. The standard InChI is InChI=1S/C16H14F3NOS/c17-12-5-2-1-4-11(12)10-22-9-8-20-16(21)15-13(18)6-3-7-14(15)19/h1-7H,8-10H2,(H,20,21). The van der Waals surface area contributed by atoms with Gasteiger partial charge in [0.2, 0.25) is 0 Å². The predicted molar refractivity (Wildman–Crippen MR) is 81.3 cm³/mol. The Morgan fingerprint density at radius 1 is 0.955 bits per heavy atom. The van der Waals surface area contributed by atoms with E-state index in [9.17, 15) is 18.0 Å². The van der Waals surface area contributed by atoms with Crippen LogP contribution < -0.4 is 5.32 Å². The van der Waals surface area contributed by atoms with Gasteiger partial charge in [-0.1, -0.05) is 24.3 Å². The van der Waals surface area contributed by atoms with Crippen LogP contribution in [0.5, 0.6) is 0 Å². The molecule has 1 amide bonds. The Labute approximate surface area is 130 Å². The van der Waals surface area contributed by atoms with Crippen molar-refractivity contribution in [2.24, 2.45) is 0 Å². The molecule has 0 radical (unpaired) electrons. The summed E-state index contributed by atoms with van der Waals surface area (Å²) in [7, 11) is 0. The number of benzene rings is 2. The summed E-state index contributed by atoms with van der Waals surface area (Å²) in [4.78, 5) is 11.7. The van der Waals surface area contributed by atoms with Crippen LogP contribution in [0.3, 0.4) is 0 Å². The number of carbonyl (C=O) groups is 1. The number of amides is 1. The first kappa shape index (κ1) is 16.4. The van der Waals surface area contributed by atoms with Gasteiger partial charge in [0.25, 0.3) is 5.91 Å². The summed E-state index contributed by atoms with van der Waals surface area (Å²) in [6, 6.07) is 9.71. The largest absolute Gasteiger partial charge is 0.351 e. The van der Waals surface area contributed by atoms with Gasteiger partial charge in [0.1, 0.15) is 23.0 Å². The molecule has 2 rings (SSSR count). The van der Waals surface area contributed by atoms with Crippen LogP contribution in [-0.2, 0) is 5.75 Å². The summed E-state index contributed by atoms with van der Waals surface area (Å²) in [5.74, 6) is -1.87. The fourth-order valence-corrected chi connectivity index (χ4v) is 2.68. The summed E-state index contributed by atoms with van der Waals surface area (Å²) in [5, 5.41) is 2.45. The van der Waals surface area contributed by atoms with Crippen molar-refractivity contribution in [3.05, 3.63) is 71.0 Å². The van der Waals surface area contributed by atoms with Crippen LogP contribution in [0.4, 0.5) is 13.2 Å². The van der Waals surface area contributed by atoms with Crippen molar-refractivity contribution in [3.8, 4) is 0 Å². The van der Waals surface area contributed by atoms with Gasteiger partial charge in [0.15, 0.2) is 0 Å². The first-order valence-electron chi connectivity index (χ1n) is 6.63. The van der Waals surface area contributed by atoms with Crippen LogP contribution in [0.15, 0.2) is 42.5 Å². The second kappa shape index (κ2) is 7.89. The molecule has 0 saturated heterocycles. The summed E-state index contributed by atoms with van der Waals surface area (Å²) in [6.07, 6.45) is 0. The number of halogens is 3. The molecule has 0 spiro atoms. The lowest BCUT2D eigenvalue weighted by atomic mass is 10.2. The van der Waals surface area contributed by atoms with Crippen LogP contribution in [0.25, 0.3) is 0 Å². The molecule has 0 saturated carbocycles. The number of nitrogens with one attached hydrogen (secondary N) is 1. The third-order valence-electron chi connectivity index (χ3n) is 2.94. The quantitative estimate of drug-likeness (QED) is 0.819. The van der Waals surface area contributed by atoms with E-state index in [0.717, 1.165) is 12.1 Å². The Hall–Kier alpha value is -1.95. The van der Waals surface area contributed by atoms with E-state index in [2.05, 4.69) is 5.32 Å². The second-order valence-electron chi connectivity index (χ2n) is 4.50. The molecular weight excluding hydrogens is 311 g/mol. The molecule has 0 aliphatic rings. The van der Waals surface area contributed by atoms with Gasteiger partial charge >= 0.3 is 0 Å². The molecule has 0 unspecified atom stereocenters. The molecule has 0 atom stereocenters. The molecule has 0 fully saturated rings. The second-order valence-corrected chi connectivity index (χ2v) is 5.60. The minimum absolute atomic E-state index is 0.242. The molecule has 2 aromatic rings. The molecule has 6 heteroatoms. The molecule has 0 heterocycles. The maximum Gasteiger partial charge on any atom is 0.257 e. The maximum atomic E-state index is 13.4. The third-order valence-corrected chi connectivity index (χ3v) is 3.95. The molecule has 2 nitrogen and oxygen atoms in total. The van der Waals surface area contributed by atoms with Gasteiger partial charge in [0.05, 0.1) is 0 Å². The lowest BCUT2D eigenvalue weighted by Gasteiger charge is -2.07. The van der Waals surface area contributed by atoms with Gasteiger partial charge in [-0.05, 0) is 23.8 Å². The number of thioether (sulfide) groups is 1. The molecule has 0 aliphatic carbocycles. The van der Waals surface area contributed by atoms with Gasteiger partial charge < -0.3 is 5.32 Å². The molecular formula is C16H14F3NOS. The van der Waals surface area contributed by atoms with E-state index >= 15 is 0 Å². The van der Waals surface area contributed by atoms with E-state index in [4.69, 9.17) is 0 Å². The first-order valence-corrected chi connectivity index (χ1v) is 7.78. The van der Waals surface area contributed by atoms with Crippen molar-refractivity contribution in [1.29, 1.82) is 0 Å². The fourth-order valence-electron chi connectivity index (χ4n) is 1.84. The van der Waals surface area contributed by atoms with Gasteiger partial charge in [-0.3, -0.25) is 4.79 Å². The molecule has 0 aromatic heterocycles. The summed E-state index contributed by atoms with van der Waals surface area (Å²) in [6.45, 7) is 0.242. The van der Waals surface area contributed by atoms with E-state index in [1.54, 1.807) is 18.2 Å². The van der Waals surface area contributed by atoms with Gasteiger partial charge in [-0.15, -0.1) is 0 Å². The smallest absolute Gasteiger partial charge is 0.257 e. The highest BCUT2D eigenvalue weighted by Gasteiger charge is 2.16. The monoisotopic (exact) mass is 325 g/mol. The average molecular weight is 325 g/mol. The highest BCUT2D eigenvalue weighted by Crippen LogP contribution is 2.15. The van der Waals surface area contributed by atoms with E-state index in [-0.39, 0.29) is 12.4 Å². The van der Waals surface area contributed by atoms with Crippen molar-refractivity contribution in [2.75, 3.05) is 12.3 Å². The van der Waals surface area contributed by atoms with Crippen LogP contribution in [0, 0.1) is 17.5 Å². The van der Waals surface area contributed by atoms with Crippen molar-refractivity contribution in [1.82, 2.24) is 5.32 Å². The van der Waals surface area contributed by atoms with Gasteiger partial charge in [0, 0.05) is 18.1 Å². The zero-order valence-corrected chi connectivity index (χ0v) is 12.4. The SMILES string of the molecule is O=C(NCCSCc1ccccc1F)c1c(F)cccc1F. The predicted octanol–water partition coefficient (Wildman–Crippen LogP) is 3.77. The number of hydrogen-bond acceptors (Lipinski definition) is 2. The Balaban J connectivity index is 1.77. The number of rotatable bonds is 6. The van der Waals surface area contributed by atoms with Gasteiger partial charge in [-0.2, -0.15) is 11.8 Å². The Bertz CT molecular complexity index is 643. The fraction of sp³-hybridized carbons (Fsp3) is 0.188. The van der Waals surface area contributed by atoms with Crippen molar-refractivity contribution >= 4 is 17.7 Å². The highest BCUT2D eigenvalue weighted by atomic mass is 32.2. The maximum absolute atomic E-state index is 13.4. The van der Waals surface area contributed by atoms with Crippen molar-refractivity contribution in [3.63, 3.8) is 0 Å². The minimum atomic E-state index is -0.892. The molecule has 22 heavy (non-hydrogen) atoms. The number of hydrogen-bond donors (Lipinski definition) is 1. The normalized spacial score (nSPS) is 10.5.